The van der Waals surface area contributed by atoms with Gasteiger partial charge in [0.05, 0.1) is 11.3 Å². The Kier molecular flexibility index (Phi) is 20.6. The van der Waals surface area contributed by atoms with Crippen LogP contribution in [0.1, 0.15) is 117 Å². The van der Waals surface area contributed by atoms with E-state index in [0.29, 0.717) is 5.56 Å². The minimum atomic E-state index is -0.497. The summed E-state index contributed by atoms with van der Waals surface area (Å²) in [4.78, 5) is 18.5. The van der Waals surface area contributed by atoms with Crippen molar-refractivity contribution < 1.29 is 10.0 Å². The van der Waals surface area contributed by atoms with E-state index in [1.165, 1.54) is 25.7 Å². The Morgan fingerprint density at radius 3 is 2.22 bits per heavy atom. The predicted octanol–water partition coefficient (Wildman–Crippen LogP) is 7.13. The van der Waals surface area contributed by atoms with Gasteiger partial charge < -0.3 is 0 Å². The SMILES string of the molecule is CC.CC.CCC.CC[C@H](C)CC(CC(C)C)CN1CCc2cc(C(=O)NO)cnc2C1. The quantitative estimate of drug-likeness (QED) is 0.326. The predicted molar refractivity (Wildman–Crippen MR) is 138 cm³/mol. The molecule has 1 aliphatic heterocycles. The van der Waals surface area contributed by atoms with Gasteiger partial charge in [-0.25, -0.2) is 5.48 Å². The molecule has 2 heterocycles. The molecule has 0 saturated carbocycles. The molecular weight excluding hydrogens is 398 g/mol. The second-order valence-electron chi connectivity index (χ2n) is 8.71. The van der Waals surface area contributed by atoms with Crippen molar-refractivity contribution in [1.29, 1.82) is 0 Å². The van der Waals surface area contributed by atoms with Gasteiger partial charge in [0.1, 0.15) is 0 Å². The number of rotatable bonds is 8. The van der Waals surface area contributed by atoms with Crippen molar-refractivity contribution in [1.82, 2.24) is 15.4 Å². The Bertz CT molecular complexity index is 590. The molecule has 32 heavy (non-hydrogen) atoms. The number of carbonyl (C=O) groups excluding carboxylic acids is 1. The molecule has 0 saturated heterocycles. The van der Waals surface area contributed by atoms with E-state index in [0.717, 1.165) is 55.1 Å². The van der Waals surface area contributed by atoms with Gasteiger partial charge in [0.25, 0.3) is 5.91 Å². The van der Waals surface area contributed by atoms with Gasteiger partial charge in [-0.3, -0.25) is 19.9 Å². The standard InChI is InChI=1S/C20H33N3O2.C3H8.2C2H6/c1-5-15(4)9-16(8-14(2)3)12-23-7-6-17-10-18(20(24)22-25)11-21-19(17)13-23;1-3-2;2*1-2/h10-11,14-16,25H,5-9,12-13H2,1-4H3,(H,22,24);3H2,1-2H3;2*1-2H3/t15-,16?;;;/m0.../s1. The van der Waals surface area contributed by atoms with Crippen LogP contribution in [0.15, 0.2) is 12.3 Å². The molecule has 2 atom stereocenters. The zero-order valence-corrected chi connectivity index (χ0v) is 22.8. The Morgan fingerprint density at radius 1 is 1.12 bits per heavy atom. The molecule has 0 aliphatic carbocycles. The van der Waals surface area contributed by atoms with Crippen LogP contribution in [0.4, 0.5) is 0 Å². The summed E-state index contributed by atoms with van der Waals surface area (Å²) in [7, 11) is 0. The molecule has 1 aromatic heterocycles. The zero-order valence-electron chi connectivity index (χ0n) is 22.8. The Balaban J connectivity index is 0. The van der Waals surface area contributed by atoms with Crippen molar-refractivity contribution in [2.75, 3.05) is 13.1 Å². The van der Waals surface area contributed by atoms with Gasteiger partial charge >= 0.3 is 0 Å². The molecule has 0 spiro atoms. The van der Waals surface area contributed by atoms with Crippen molar-refractivity contribution in [3.63, 3.8) is 0 Å². The summed E-state index contributed by atoms with van der Waals surface area (Å²) >= 11 is 0. The largest absolute Gasteiger partial charge is 0.297 e. The highest BCUT2D eigenvalue weighted by Gasteiger charge is 2.23. The number of fused-ring (bicyclic) bond motifs is 1. The number of carbonyl (C=O) groups is 1. The topological polar surface area (TPSA) is 65.5 Å². The van der Waals surface area contributed by atoms with Crippen LogP contribution in [-0.2, 0) is 13.0 Å². The van der Waals surface area contributed by atoms with Gasteiger partial charge in [-0.1, -0.05) is 82.1 Å². The average Bonchev–Trinajstić information content (AvgIpc) is 2.80. The molecule has 0 bridgehead atoms. The van der Waals surface area contributed by atoms with E-state index in [9.17, 15) is 4.79 Å². The molecular formula is C27H53N3O2. The number of pyridine rings is 1. The average molecular weight is 452 g/mol. The highest BCUT2D eigenvalue weighted by Crippen LogP contribution is 2.26. The second-order valence-corrected chi connectivity index (χ2v) is 8.71. The van der Waals surface area contributed by atoms with Crippen LogP contribution in [0.25, 0.3) is 0 Å². The van der Waals surface area contributed by atoms with Gasteiger partial charge in [0.2, 0.25) is 0 Å². The summed E-state index contributed by atoms with van der Waals surface area (Å²) in [6.45, 7) is 24.5. The summed E-state index contributed by atoms with van der Waals surface area (Å²) in [6.07, 6.45) is 7.53. The maximum atomic E-state index is 11.5. The number of hydrogen-bond acceptors (Lipinski definition) is 4. The molecule has 5 nitrogen and oxygen atoms in total. The molecule has 188 valence electrons. The fraction of sp³-hybridized carbons (Fsp3) is 0.778. The molecule has 1 aliphatic rings. The fourth-order valence-corrected chi connectivity index (χ4v) is 3.82. The normalized spacial score (nSPS) is 14.4. The first-order chi connectivity index (χ1) is 15.3. The van der Waals surface area contributed by atoms with E-state index in [1.54, 1.807) is 11.7 Å². The van der Waals surface area contributed by atoms with E-state index in [2.05, 4.69) is 51.4 Å². The van der Waals surface area contributed by atoms with Gasteiger partial charge in [0, 0.05) is 25.8 Å². The van der Waals surface area contributed by atoms with Crippen LogP contribution in [0.5, 0.6) is 0 Å². The third-order valence-corrected chi connectivity index (χ3v) is 5.25. The number of nitrogens with zero attached hydrogens (tertiary/aromatic N) is 2. The van der Waals surface area contributed by atoms with Gasteiger partial charge in [-0.2, -0.15) is 0 Å². The van der Waals surface area contributed by atoms with Crippen molar-refractivity contribution in [2.24, 2.45) is 17.8 Å². The lowest BCUT2D eigenvalue weighted by Gasteiger charge is -2.33. The third kappa shape index (κ3) is 13.2. The van der Waals surface area contributed by atoms with E-state index < -0.39 is 5.91 Å². The van der Waals surface area contributed by atoms with Crippen LogP contribution >= 0.6 is 0 Å². The number of hydrogen-bond donors (Lipinski definition) is 2. The van der Waals surface area contributed by atoms with E-state index in [4.69, 9.17) is 5.21 Å². The molecule has 1 aromatic rings. The van der Waals surface area contributed by atoms with Crippen LogP contribution in [0.3, 0.4) is 0 Å². The van der Waals surface area contributed by atoms with Crippen molar-refractivity contribution in [3.8, 4) is 0 Å². The first kappa shape index (κ1) is 32.7. The molecule has 1 unspecified atom stereocenters. The number of nitrogens with one attached hydrogen (secondary N) is 1. The first-order valence-corrected chi connectivity index (χ1v) is 13.0. The van der Waals surface area contributed by atoms with Gasteiger partial charge in [-0.15, -0.1) is 0 Å². The van der Waals surface area contributed by atoms with E-state index >= 15 is 0 Å². The molecule has 2 N–H and O–H groups in total. The summed E-state index contributed by atoms with van der Waals surface area (Å²) in [5.41, 5.74) is 4.28. The van der Waals surface area contributed by atoms with Crippen LogP contribution in [0, 0.1) is 17.8 Å². The fourth-order valence-electron chi connectivity index (χ4n) is 3.82. The van der Waals surface area contributed by atoms with Crippen LogP contribution < -0.4 is 5.48 Å². The molecule has 0 aromatic carbocycles. The van der Waals surface area contributed by atoms with E-state index in [1.807, 2.05) is 33.8 Å². The molecule has 0 radical (unpaired) electrons. The van der Waals surface area contributed by atoms with Gasteiger partial charge in [-0.05, 0) is 48.6 Å². The lowest BCUT2D eigenvalue weighted by atomic mass is 9.87. The maximum Gasteiger partial charge on any atom is 0.276 e. The van der Waals surface area contributed by atoms with Crippen molar-refractivity contribution in [2.45, 2.75) is 108 Å². The number of hydroxylamine groups is 1. The lowest BCUT2D eigenvalue weighted by Crippen LogP contribution is -2.36. The second kappa shape index (κ2) is 20.2. The summed E-state index contributed by atoms with van der Waals surface area (Å²) in [6, 6.07) is 1.86. The number of aromatic nitrogens is 1. The first-order valence-electron chi connectivity index (χ1n) is 13.0. The van der Waals surface area contributed by atoms with E-state index in [-0.39, 0.29) is 0 Å². The molecule has 1 amide bonds. The van der Waals surface area contributed by atoms with Crippen molar-refractivity contribution in [3.05, 3.63) is 29.1 Å². The van der Waals surface area contributed by atoms with Crippen molar-refractivity contribution >= 4 is 5.91 Å². The maximum absolute atomic E-state index is 11.5. The summed E-state index contributed by atoms with van der Waals surface area (Å²) < 4.78 is 0. The lowest BCUT2D eigenvalue weighted by molar-refractivity contribution is 0.0705. The summed E-state index contributed by atoms with van der Waals surface area (Å²) in [5, 5.41) is 8.76. The number of amides is 1. The zero-order chi connectivity index (χ0) is 25.1. The smallest absolute Gasteiger partial charge is 0.276 e. The Hall–Kier alpha value is -1.46. The minimum absolute atomic E-state index is 0.421. The molecule has 0 fully saturated rings. The summed E-state index contributed by atoms with van der Waals surface area (Å²) in [5.74, 6) is 1.74. The van der Waals surface area contributed by atoms with Crippen LogP contribution in [0.2, 0.25) is 0 Å². The Labute approximate surface area is 199 Å². The highest BCUT2D eigenvalue weighted by molar-refractivity contribution is 5.93. The monoisotopic (exact) mass is 451 g/mol. The Morgan fingerprint density at radius 2 is 1.72 bits per heavy atom. The highest BCUT2D eigenvalue weighted by atomic mass is 16.5. The van der Waals surface area contributed by atoms with Gasteiger partial charge in [0.15, 0.2) is 0 Å². The third-order valence-electron chi connectivity index (χ3n) is 5.25. The molecule has 2 rings (SSSR count). The minimum Gasteiger partial charge on any atom is -0.297 e. The van der Waals surface area contributed by atoms with Crippen LogP contribution in [-0.4, -0.2) is 34.1 Å². The molecule has 5 heteroatoms.